The molecule has 6 nitrogen and oxygen atoms in total. The van der Waals surface area contributed by atoms with E-state index in [1.807, 2.05) is 43.3 Å². The van der Waals surface area contributed by atoms with Gasteiger partial charge in [0.25, 0.3) is 5.91 Å². The fourth-order valence-corrected chi connectivity index (χ4v) is 3.88. The summed E-state index contributed by atoms with van der Waals surface area (Å²) in [5.74, 6) is 0.0326. The Hall–Kier alpha value is -3.15. The first kappa shape index (κ1) is 19.2. The van der Waals surface area contributed by atoms with E-state index in [2.05, 4.69) is 15.6 Å². The van der Waals surface area contributed by atoms with Crippen LogP contribution in [0.2, 0.25) is 0 Å². The molecule has 1 aliphatic carbocycles. The third-order valence-electron chi connectivity index (χ3n) is 5.55. The minimum atomic E-state index is -0.0629. The first-order chi connectivity index (χ1) is 14.1. The molecule has 29 heavy (non-hydrogen) atoms. The number of aromatic nitrogens is 1. The van der Waals surface area contributed by atoms with Gasteiger partial charge in [0.05, 0.1) is 12.0 Å². The standard InChI is InChI=1S/C23H25N3O3/c1-2-21(27)25-17-7-9-18(10-8-17)26-23(28)16-5-3-15(4-6-16)22-19-12-14-29-20(19)11-13-24-22/h3-6,11-14,17-18H,2,7-10H2,1H3,(H,25,27)(H,26,28). The Labute approximate surface area is 169 Å². The number of nitrogens with zero attached hydrogens (tertiary/aromatic N) is 1. The van der Waals surface area contributed by atoms with Gasteiger partial charge in [0.15, 0.2) is 0 Å². The van der Waals surface area contributed by atoms with Crippen LogP contribution in [0.15, 0.2) is 53.3 Å². The molecule has 150 valence electrons. The minimum absolute atomic E-state index is 0.0629. The number of carbonyl (C=O) groups excluding carboxylic acids is 2. The van der Waals surface area contributed by atoms with Crippen molar-refractivity contribution in [1.29, 1.82) is 0 Å². The third kappa shape index (κ3) is 4.31. The van der Waals surface area contributed by atoms with Gasteiger partial charge in [0, 0.05) is 41.2 Å². The highest BCUT2D eigenvalue weighted by Gasteiger charge is 2.23. The van der Waals surface area contributed by atoms with Gasteiger partial charge in [0.2, 0.25) is 5.91 Å². The smallest absolute Gasteiger partial charge is 0.251 e. The number of carbonyl (C=O) groups is 2. The molecule has 3 aromatic rings. The molecule has 0 saturated heterocycles. The second kappa shape index (κ2) is 8.47. The first-order valence-electron chi connectivity index (χ1n) is 10.2. The highest BCUT2D eigenvalue weighted by atomic mass is 16.3. The van der Waals surface area contributed by atoms with Crippen LogP contribution in [0.5, 0.6) is 0 Å². The van der Waals surface area contributed by atoms with E-state index in [0.717, 1.165) is 47.9 Å². The van der Waals surface area contributed by atoms with Crippen LogP contribution in [0.4, 0.5) is 0 Å². The van der Waals surface area contributed by atoms with Crippen molar-refractivity contribution in [3.63, 3.8) is 0 Å². The number of rotatable bonds is 5. The van der Waals surface area contributed by atoms with Gasteiger partial charge in [-0.3, -0.25) is 14.6 Å². The van der Waals surface area contributed by atoms with Crippen molar-refractivity contribution >= 4 is 22.8 Å². The van der Waals surface area contributed by atoms with E-state index in [9.17, 15) is 9.59 Å². The molecule has 6 heteroatoms. The van der Waals surface area contributed by atoms with E-state index in [1.165, 1.54) is 0 Å². The fourth-order valence-electron chi connectivity index (χ4n) is 3.88. The predicted molar refractivity (Wildman–Crippen MR) is 111 cm³/mol. The third-order valence-corrected chi connectivity index (χ3v) is 5.55. The maximum atomic E-state index is 12.6. The molecule has 4 rings (SSSR count). The van der Waals surface area contributed by atoms with Gasteiger partial charge in [-0.1, -0.05) is 19.1 Å². The zero-order valence-corrected chi connectivity index (χ0v) is 16.5. The van der Waals surface area contributed by atoms with E-state index in [-0.39, 0.29) is 23.9 Å². The van der Waals surface area contributed by atoms with Crippen molar-refractivity contribution in [3.05, 3.63) is 54.4 Å². The molecule has 0 atom stereocenters. The molecular formula is C23H25N3O3. The van der Waals surface area contributed by atoms with Gasteiger partial charge in [-0.25, -0.2) is 0 Å². The summed E-state index contributed by atoms with van der Waals surface area (Å²) in [6, 6.07) is 11.6. The maximum Gasteiger partial charge on any atom is 0.251 e. The molecule has 2 heterocycles. The molecule has 1 fully saturated rings. The van der Waals surface area contributed by atoms with Gasteiger partial charge < -0.3 is 15.1 Å². The second-order valence-corrected chi connectivity index (χ2v) is 7.51. The Balaban J connectivity index is 1.37. The Morgan fingerprint density at radius 3 is 2.38 bits per heavy atom. The van der Waals surface area contributed by atoms with Crippen LogP contribution in [0.1, 0.15) is 49.4 Å². The zero-order valence-electron chi connectivity index (χ0n) is 16.5. The minimum Gasteiger partial charge on any atom is -0.464 e. The first-order valence-corrected chi connectivity index (χ1v) is 10.2. The van der Waals surface area contributed by atoms with E-state index >= 15 is 0 Å². The molecule has 0 unspecified atom stereocenters. The van der Waals surface area contributed by atoms with Crippen molar-refractivity contribution in [2.24, 2.45) is 0 Å². The summed E-state index contributed by atoms with van der Waals surface area (Å²) < 4.78 is 5.43. The van der Waals surface area contributed by atoms with Crippen LogP contribution < -0.4 is 10.6 Å². The molecular weight excluding hydrogens is 366 g/mol. The van der Waals surface area contributed by atoms with E-state index in [4.69, 9.17) is 4.42 Å². The molecule has 2 N–H and O–H groups in total. The number of hydrogen-bond acceptors (Lipinski definition) is 4. The van der Waals surface area contributed by atoms with Crippen LogP contribution >= 0.6 is 0 Å². The highest BCUT2D eigenvalue weighted by molar-refractivity contribution is 5.96. The summed E-state index contributed by atoms with van der Waals surface area (Å²) in [6.07, 6.45) is 7.44. The maximum absolute atomic E-state index is 12.6. The molecule has 0 aliphatic heterocycles. The average molecular weight is 391 g/mol. The van der Waals surface area contributed by atoms with E-state index in [0.29, 0.717) is 12.0 Å². The number of hydrogen-bond donors (Lipinski definition) is 2. The lowest BCUT2D eigenvalue weighted by Crippen LogP contribution is -2.43. The zero-order chi connectivity index (χ0) is 20.2. The molecule has 2 amide bonds. The molecule has 2 aromatic heterocycles. The summed E-state index contributed by atoms with van der Waals surface area (Å²) in [5.41, 5.74) is 3.22. The summed E-state index contributed by atoms with van der Waals surface area (Å²) in [5, 5.41) is 7.12. The van der Waals surface area contributed by atoms with Crippen molar-refractivity contribution in [2.45, 2.75) is 51.1 Å². The molecule has 1 saturated carbocycles. The topological polar surface area (TPSA) is 84.2 Å². The Bertz CT molecular complexity index is 1000. The lowest BCUT2D eigenvalue weighted by molar-refractivity contribution is -0.121. The number of nitrogens with one attached hydrogen (secondary N) is 2. The van der Waals surface area contributed by atoms with E-state index < -0.39 is 0 Å². The Kier molecular flexibility index (Phi) is 5.60. The Morgan fingerprint density at radius 1 is 1.00 bits per heavy atom. The van der Waals surface area contributed by atoms with Crippen molar-refractivity contribution in [3.8, 4) is 11.3 Å². The van der Waals surface area contributed by atoms with Gasteiger partial charge in [-0.05, 0) is 49.9 Å². The van der Waals surface area contributed by atoms with Crippen LogP contribution in [0.25, 0.3) is 22.2 Å². The Morgan fingerprint density at radius 2 is 1.69 bits per heavy atom. The number of fused-ring (bicyclic) bond motifs is 1. The number of pyridine rings is 1. The van der Waals surface area contributed by atoms with E-state index in [1.54, 1.807) is 12.5 Å². The van der Waals surface area contributed by atoms with Crippen LogP contribution in [0, 0.1) is 0 Å². The van der Waals surface area contributed by atoms with Gasteiger partial charge in [0.1, 0.15) is 5.58 Å². The quantitative estimate of drug-likeness (QED) is 0.687. The monoisotopic (exact) mass is 391 g/mol. The van der Waals surface area contributed by atoms with Gasteiger partial charge >= 0.3 is 0 Å². The number of benzene rings is 1. The summed E-state index contributed by atoms with van der Waals surface area (Å²) >= 11 is 0. The SMILES string of the molecule is CCC(=O)NC1CCC(NC(=O)c2ccc(-c3nccc4occc34)cc2)CC1. The number of amides is 2. The molecule has 1 aromatic carbocycles. The van der Waals surface area contributed by atoms with Crippen LogP contribution in [-0.2, 0) is 4.79 Å². The van der Waals surface area contributed by atoms with Gasteiger partial charge in [-0.2, -0.15) is 0 Å². The predicted octanol–water partition coefficient (Wildman–Crippen LogP) is 4.06. The largest absolute Gasteiger partial charge is 0.464 e. The van der Waals surface area contributed by atoms with Crippen LogP contribution in [-0.4, -0.2) is 28.9 Å². The summed E-state index contributed by atoms with van der Waals surface area (Å²) in [4.78, 5) is 28.6. The van der Waals surface area contributed by atoms with Crippen molar-refractivity contribution < 1.29 is 14.0 Å². The molecule has 0 spiro atoms. The fraction of sp³-hybridized carbons (Fsp3) is 0.348. The normalized spacial score (nSPS) is 19.1. The van der Waals surface area contributed by atoms with Gasteiger partial charge in [-0.15, -0.1) is 0 Å². The van der Waals surface area contributed by atoms with Crippen LogP contribution in [0.3, 0.4) is 0 Å². The number of furan rings is 1. The summed E-state index contributed by atoms with van der Waals surface area (Å²) in [6.45, 7) is 1.86. The lowest BCUT2D eigenvalue weighted by atomic mass is 9.91. The summed E-state index contributed by atoms with van der Waals surface area (Å²) in [7, 11) is 0. The molecule has 1 aliphatic rings. The molecule has 0 radical (unpaired) electrons. The highest BCUT2D eigenvalue weighted by Crippen LogP contribution is 2.27. The second-order valence-electron chi connectivity index (χ2n) is 7.51. The van der Waals surface area contributed by atoms with Crippen molar-refractivity contribution in [2.75, 3.05) is 0 Å². The average Bonchev–Trinajstić information content (AvgIpc) is 3.24. The molecule has 0 bridgehead atoms. The van der Waals surface area contributed by atoms with Crippen molar-refractivity contribution in [1.82, 2.24) is 15.6 Å². The lowest BCUT2D eigenvalue weighted by Gasteiger charge is -2.29.